The van der Waals surface area contributed by atoms with Crippen molar-refractivity contribution < 1.29 is 0 Å². The van der Waals surface area contributed by atoms with E-state index in [-0.39, 0.29) is 0 Å². The Bertz CT molecular complexity index is 344. The first kappa shape index (κ1) is 13.0. The van der Waals surface area contributed by atoms with E-state index in [1.54, 1.807) is 0 Å². The molecule has 1 nitrogen and oxygen atoms in total. The van der Waals surface area contributed by atoms with Crippen LogP contribution in [0.2, 0.25) is 0 Å². The maximum Gasteiger partial charge on any atom is 0.0413 e. The molecule has 0 saturated carbocycles. The number of thioether (sulfide) groups is 1. The van der Waals surface area contributed by atoms with Gasteiger partial charge in [0.15, 0.2) is 0 Å². The van der Waals surface area contributed by atoms with E-state index in [4.69, 9.17) is 0 Å². The monoisotopic (exact) mass is 249 g/mol. The lowest BCUT2D eigenvalue weighted by Gasteiger charge is -2.20. The van der Waals surface area contributed by atoms with Gasteiger partial charge in [0.05, 0.1) is 0 Å². The van der Waals surface area contributed by atoms with Crippen molar-refractivity contribution in [2.45, 2.75) is 45.2 Å². The van der Waals surface area contributed by atoms with E-state index >= 15 is 0 Å². The summed E-state index contributed by atoms with van der Waals surface area (Å²) in [6.45, 7) is 6.79. The summed E-state index contributed by atoms with van der Waals surface area (Å²) in [4.78, 5) is 0. The maximum atomic E-state index is 3.72. The Morgan fingerprint density at radius 1 is 1.24 bits per heavy atom. The van der Waals surface area contributed by atoms with Gasteiger partial charge in [-0.25, -0.2) is 0 Å². The second-order valence-corrected chi connectivity index (χ2v) is 6.46. The van der Waals surface area contributed by atoms with Gasteiger partial charge in [-0.1, -0.05) is 38.1 Å². The normalized spacial score (nSPS) is 25.9. The molecule has 0 aliphatic carbocycles. The highest BCUT2D eigenvalue weighted by Crippen LogP contribution is 2.25. The molecule has 1 N–H and O–H groups in total. The van der Waals surface area contributed by atoms with E-state index in [2.05, 4.69) is 62.1 Å². The Labute approximate surface area is 109 Å². The van der Waals surface area contributed by atoms with Gasteiger partial charge in [0, 0.05) is 17.8 Å². The van der Waals surface area contributed by atoms with Crippen LogP contribution in [0.3, 0.4) is 0 Å². The molecule has 1 aromatic carbocycles. The van der Waals surface area contributed by atoms with Gasteiger partial charge >= 0.3 is 0 Å². The van der Waals surface area contributed by atoms with Gasteiger partial charge < -0.3 is 5.32 Å². The summed E-state index contributed by atoms with van der Waals surface area (Å²) in [7, 11) is 0. The van der Waals surface area contributed by atoms with Crippen molar-refractivity contribution in [3.05, 3.63) is 35.4 Å². The third kappa shape index (κ3) is 3.49. The Balaban J connectivity index is 2.10. The first-order chi connectivity index (χ1) is 8.16. The van der Waals surface area contributed by atoms with Crippen LogP contribution in [0, 0.1) is 0 Å². The van der Waals surface area contributed by atoms with Crippen molar-refractivity contribution in [2.24, 2.45) is 0 Å². The summed E-state index contributed by atoms with van der Waals surface area (Å²) < 4.78 is 0. The van der Waals surface area contributed by atoms with E-state index < -0.39 is 0 Å². The minimum absolute atomic E-state index is 0.527. The van der Waals surface area contributed by atoms with Crippen LogP contribution in [0.1, 0.15) is 50.3 Å². The molecular weight excluding hydrogens is 226 g/mol. The van der Waals surface area contributed by atoms with Crippen LogP contribution >= 0.6 is 11.8 Å². The van der Waals surface area contributed by atoms with Crippen molar-refractivity contribution in [1.29, 1.82) is 0 Å². The molecule has 1 aromatic rings. The standard InChI is InChI=1S/C15H23NS/c1-11(2)13-4-6-14(7-5-13)15-10-17-9-8-12(3)16-15/h4-7,11-12,15-16H,8-10H2,1-3H3. The van der Waals surface area contributed by atoms with Gasteiger partial charge in [0.2, 0.25) is 0 Å². The molecule has 0 aromatic heterocycles. The highest BCUT2D eigenvalue weighted by molar-refractivity contribution is 7.99. The molecule has 2 unspecified atom stereocenters. The van der Waals surface area contributed by atoms with Gasteiger partial charge in [-0.3, -0.25) is 0 Å². The predicted octanol–water partition coefficient (Wildman–Crippen LogP) is 3.97. The van der Waals surface area contributed by atoms with Crippen LogP contribution in [0.5, 0.6) is 0 Å². The predicted molar refractivity (Wildman–Crippen MR) is 77.8 cm³/mol. The lowest BCUT2D eigenvalue weighted by molar-refractivity contribution is 0.485. The van der Waals surface area contributed by atoms with E-state index in [1.807, 2.05) is 0 Å². The number of hydrogen-bond acceptors (Lipinski definition) is 2. The second kappa shape index (κ2) is 5.92. The highest BCUT2D eigenvalue weighted by Gasteiger charge is 2.17. The highest BCUT2D eigenvalue weighted by atomic mass is 32.2. The van der Waals surface area contributed by atoms with E-state index in [0.29, 0.717) is 18.0 Å². The fourth-order valence-electron chi connectivity index (χ4n) is 2.24. The topological polar surface area (TPSA) is 12.0 Å². The largest absolute Gasteiger partial charge is 0.307 e. The zero-order chi connectivity index (χ0) is 12.3. The van der Waals surface area contributed by atoms with E-state index in [1.165, 1.54) is 29.1 Å². The van der Waals surface area contributed by atoms with Crippen molar-refractivity contribution in [3.63, 3.8) is 0 Å². The maximum absolute atomic E-state index is 3.72. The van der Waals surface area contributed by atoms with E-state index in [9.17, 15) is 0 Å². The summed E-state index contributed by atoms with van der Waals surface area (Å²) in [5.41, 5.74) is 2.87. The fourth-order valence-corrected chi connectivity index (χ4v) is 3.45. The van der Waals surface area contributed by atoms with Crippen LogP contribution in [0.25, 0.3) is 0 Å². The molecule has 1 fully saturated rings. The Hall–Kier alpha value is -0.470. The van der Waals surface area contributed by atoms with Gasteiger partial charge in [0.25, 0.3) is 0 Å². The first-order valence-corrected chi connectivity index (χ1v) is 7.76. The average Bonchev–Trinajstić information content (AvgIpc) is 2.54. The zero-order valence-corrected chi connectivity index (χ0v) is 11.9. The van der Waals surface area contributed by atoms with Crippen molar-refractivity contribution in [3.8, 4) is 0 Å². The summed E-state index contributed by atoms with van der Waals surface area (Å²) in [6.07, 6.45) is 1.28. The molecule has 1 aliphatic rings. The lowest BCUT2D eigenvalue weighted by atomic mass is 9.99. The molecule has 2 rings (SSSR count). The van der Waals surface area contributed by atoms with Crippen LogP contribution in [-0.2, 0) is 0 Å². The van der Waals surface area contributed by atoms with Gasteiger partial charge in [-0.15, -0.1) is 0 Å². The van der Waals surface area contributed by atoms with Crippen LogP contribution in [-0.4, -0.2) is 17.5 Å². The minimum atomic E-state index is 0.527. The number of benzene rings is 1. The number of hydrogen-bond donors (Lipinski definition) is 1. The molecule has 1 saturated heterocycles. The Kier molecular flexibility index (Phi) is 4.52. The third-order valence-electron chi connectivity index (χ3n) is 3.47. The summed E-state index contributed by atoms with van der Waals surface area (Å²) >= 11 is 2.07. The second-order valence-electron chi connectivity index (χ2n) is 5.31. The van der Waals surface area contributed by atoms with Gasteiger partial charge in [-0.2, -0.15) is 11.8 Å². The van der Waals surface area contributed by atoms with Crippen LogP contribution < -0.4 is 5.32 Å². The molecule has 94 valence electrons. The lowest BCUT2D eigenvalue weighted by Crippen LogP contribution is -2.30. The van der Waals surface area contributed by atoms with Crippen molar-refractivity contribution in [1.82, 2.24) is 5.32 Å². The molecular formula is C15H23NS. The Morgan fingerprint density at radius 3 is 2.59 bits per heavy atom. The molecule has 17 heavy (non-hydrogen) atoms. The van der Waals surface area contributed by atoms with Crippen molar-refractivity contribution >= 4 is 11.8 Å². The molecule has 0 amide bonds. The fraction of sp³-hybridized carbons (Fsp3) is 0.600. The number of rotatable bonds is 2. The molecule has 0 radical (unpaired) electrons. The first-order valence-electron chi connectivity index (χ1n) is 6.60. The van der Waals surface area contributed by atoms with Gasteiger partial charge in [0.1, 0.15) is 0 Å². The summed E-state index contributed by atoms with van der Waals surface area (Å²) in [5, 5.41) is 3.72. The third-order valence-corrected chi connectivity index (χ3v) is 4.56. The van der Waals surface area contributed by atoms with Crippen LogP contribution in [0.15, 0.2) is 24.3 Å². The van der Waals surface area contributed by atoms with Crippen LogP contribution in [0.4, 0.5) is 0 Å². The SMILES string of the molecule is CC1CCSCC(c2ccc(C(C)C)cc2)N1. The zero-order valence-electron chi connectivity index (χ0n) is 11.1. The average molecular weight is 249 g/mol. The van der Waals surface area contributed by atoms with Crippen molar-refractivity contribution in [2.75, 3.05) is 11.5 Å². The Morgan fingerprint density at radius 2 is 1.94 bits per heavy atom. The molecule has 0 spiro atoms. The van der Waals surface area contributed by atoms with Gasteiger partial charge in [-0.05, 0) is 36.1 Å². The minimum Gasteiger partial charge on any atom is -0.307 e. The smallest absolute Gasteiger partial charge is 0.0413 e. The summed E-state index contributed by atoms with van der Waals surface area (Å²) in [6, 6.07) is 10.3. The molecule has 2 atom stereocenters. The molecule has 0 bridgehead atoms. The number of nitrogens with one attached hydrogen (secondary N) is 1. The summed E-state index contributed by atoms with van der Waals surface area (Å²) in [5.74, 6) is 3.11. The molecule has 1 aliphatic heterocycles. The molecule has 2 heteroatoms. The molecule has 1 heterocycles. The van der Waals surface area contributed by atoms with E-state index in [0.717, 1.165) is 0 Å². The quantitative estimate of drug-likeness (QED) is 0.851.